The zero-order chi connectivity index (χ0) is 12.8. The van der Waals surface area contributed by atoms with Gasteiger partial charge in [0.25, 0.3) is 5.56 Å². The first-order valence-corrected chi connectivity index (χ1v) is 5.52. The minimum atomic E-state index is -0.350. The number of hydrogen-bond donors (Lipinski definition) is 3. The van der Waals surface area contributed by atoms with E-state index < -0.39 is 0 Å². The predicted molar refractivity (Wildman–Crippen MR) is 69.7 cm³/mol. The van der Waals surface area contributed by atoms with Crippen LogP contribution in [-0.2, 0) is 0 Å². The highest BCUT2D eigenvalue weighted by Crippen LogP contribution is 2.09. The lowest BCUT2D eigenvalue weighted by Crippen LogP contribution is -2.19. The summed E-state index contributed by atoms with van der Waals surface area (Å²) in [7, 11) is 0. The number of anilines is 2. The number of aromatic nitrogens is 2. The number of hydrogen-bond acceptors (Lipinski definition) is 5. The van der Waals surface area contributed by atoms with Crippen LogP contribution < -0.4 is 21.3 Å². The van der Waals surface area contributed by atoms with Gasteiger partial charge in [-0.05, 0) is 12.1 Å². The van der Waals surface area contributed by atoms with E-state index in [9.17, 15) is 4.79 Å². The smallest absolute Gasteiger partial charge is 0.276 e. The number of para-hydroxylation sites is 1. The Morgan fingerprint density at radius 1 is 1.33 bits per heavy atom. The summed E-state index contributed by atoms with van der Waals surface area (Å²) in [5.74, 6) is 1.17. The van der Waals surface area contributed by atoms with Gasteiger partial charge in [-0.15, -0.1) is 0 Å². The molecule has 0 aliphatic rings. The van der Waals surface area contributed by atoms with Crippen LogP contribution in [0.1, 0.15) is 0 Å². The largest absolute Gasteiger partial charge is 0.492 e. The van der Waals surface area contributed by atoms with Crippen LogP contribution in [0.2, 0.25) is 0 Å². The highest BCUT2D eigenvalue weighted by atomic mass is 16.5. The summed E-state index contributed by atoms with van der Waals surface area (Å²) in [6, 6.07) is 9.48. The Morgan fingerprint density at radius 3 is 2.89 bits per heavy atom. The third kappa shape index (κ3) is 3.00. The maximum absolute atomic E-state index is 11.2. The summed E-state index contributed by atoms with van der Waals surface area (Å²) in [5, 5.41) is 2.94. The van der Waals surface area contributed by atoms with Crippen molar-refractivity contribution in [1.82, 2.24) is 9.97 Å². The van der Waals surface area contributed by atoms with Gasteiger partial charge in [0, 0.05) is 0 Å². The molecule has 0 aliphatic carbocycles. The van der Waals surface area contributed by atoms with Gasteiger partial charge in [-0.2, -0.15) is 0 Å². The molecule has 0 spiro atoms. The van der Waals surface area contributed by atoms with Gasteiger partial charge in [-0.3, -0.25) is 4.79 Å². The maximum Gasteiger partial charge on any atom is 0.276 e. The van der Waals surface area contributed by atoms with E-state index in [1.54, 1.807) is 0 Å². The minimum absolute atomic E-state index is 0.0808. The van der Waals surface area contributed by atoms with Gasteiger partial charge in [-0.25, -0.2) is 4.98 Å². The second-order valence-corrected chi connectivity index (χ2v) is 3.58. The summed E-state index contributed by atoms with van der Waals surface area (Å²) in [4.78, 5) is 17.5. The van der Waals surface area contributed by atoms with E-state index in [-0.39, 0.29) is 11.2 Å². The topological polar surface area (TPSA) is 93.0 Å². The van der Waals surface area contributed by atoms with Gasteiger partial charge >= 0.3 is 0 Å². The monoisotopic (exact) mass is 246 g/mol. The molecule has 1 aromatic carbocycles. The third-order valence-electron chi connectivity index (χ3n) is 2.30. The second kappa shape index (κ2) is 5.72. The number of nitrogen functional groups attached to an aromatic ring is 1. The fourth-order valence-corrected chi connectivity index (χ4v) is 1.41. The standard InChI is InChI=1S/C12H14N4O2/c13-10-11(15-8-16-12(10)17)14-6-7-18-9-4-2-1-3-5-9/h1-5,8H,6-7,13H2,(H2,14,15,16,17). The molecule has 0 radical (unpaired) electrons. The Morgan fingerprint density at radius 2 is 2.11 bits per heavy atom. The second-order valence-electron chi connectivity index (χ2n) is 3.58. The van der Waals surface area contributed by atoms with E-state index >= 15 is 0 Å². The fraction of sp³-hybridized carbons (Fsp3) is 0.167. The first-order valence-electron chi connectivity index (χ1n) is 5.52. The van der Waals surface area contributed by atoms with Crippen LogP contribution in [-0.4, -0.2) is 23.1 Å². The van der Waals surface area contributed by atoms with Crippen LogP contribution >= 0.6 is 0 Å². The molecule has 4 N–H and O–H groups in total. The van der Waals surface area contributed by atoms with Gasteiger partial charge in [-0.1, -0.05) is 18.2 Å². The van der Waals surface area contributed by atoms with Crippen molar-refractivity contribution in [2.45, 2.75) is 0 Å². The highest BCUT2D eigenvalue weighted by Gasteiger charge is 2.02. The van der Waals surface area contributed by atoms with E-state index in [2.05, 4.69) is 15.3 Å². The van der Waals surface area contributed by atoms with Crippen LogP contribution in [0.4, 0.5) is 11.5 Å². The van der Waals surface area contributed by atoms with E-state index in [1.165, 1.54) is 6.33 Å². The molecule has 2 rings (SSSR count). The van der Waals surface area contributed by atoms with Crippen molar-refractivity contribution >= 4 is 11.5 Å². The molecule has 0 amide bonds. The average Bonchev–Trinajstić information content (AvgIpc) is 2.40. The van der Waals surface area contributed by atoms with Crippen LogP contribution in [0.15, 0.2) is 41.5 Å². The number of rotatable bonds is 5. The molecule has 6 nitrogen and oxygen atoms in total. The third-order valence-corrected chi connectivity index (χ3v) is 2.30. The molecular weight excluding hydrogens is 232 g/mol. The van der Waals surface area contributed by atoms with Crippen molar-refractivity contribution in [3.8, 4) is 5.75 Å². The number of aromatic amines is 1. The Kier molecular flexibility index (Phi) is 3.80. The van der Waals surface area contributed by atoms with Crippen molar-refractivity contribution in [1.29, 1.82) is 0 Å². The number of nitrogens with one attached hydrogen (secondary N) is 2. The SMILES string of the molecule is Nc1c(NCCOc2ccccc2)nc[nH]c1=O. The van der Waals surface area contributed by atoms with Crippen LogP contribution in [0.5, 0.6) is 5.75 Å². The molecule has 18 heavy (non-hydrogen) atoms. The summed E-state index contributed by atoms with van der Waals surface area (Å²) in [6.45, 7) is 0.966. The quantitative estimate of drug-likeness (QED) is 0.680. The Hall–Kier alpha value is -2.50. The first-order chi connectivity index (χ1) is 8.77. The van der Waals surface area contributed by atoms with Crippen molar-refractivity contribution in [3.63, 3.8) is 0 Å². The molecule has 0 aliphatic heterocycles. The van der Waals surface area contributed by atoms with E-state index in [0.29, 0.717) is 19.0 Å². The molecule has 0 atom stereocenters. The molecule has 0 unspecified atom stereocenters. The van der Waals surface area contributed by atoms with Crippen LogP contribution in [0, 0.1) is 0 Å². The van der Waals surface area contributed by atoms with E-state index in [1.807, 2.05) is 30.3 Å². The first kappa shape index (κ1) is 12.0. The molecule has 1 aromatic heterocycles. The number of H-pyrrole nitrogens is 1. The lowest BCUT2D eigenvalue weighted by molar-refractivity contribution is 0.333. The van der Waals surface area contributed by atoms with Gasteiger partial charge in [0.2, 0.25) is 0 Å². The fourth-order valence-electron chi connectivity index (χ4n) is 1.41. The molecule has 6 heteroatoms. The van der Waals surface area contributed by atoms with E-state index in [0.717, 1.165) is 5.75 Å². The van der Waals surface area contributed by atoms with E-state index in [4.69, 9.17) is 10.5 Å². The number of ether oxygens (including phenoxy) is 1. The number of nitrogens with two attached hydrogens (primary N) is 1. The molecule has 0 bridgehead atoms. The Bertz CT molecular complexity index is 554. The van der Waals surface area contributed by atoms with Gasteiger partial charge in [0.05, 0.1) is 12.9 Å². The average molecular weight is 246 g/mol. The molecule has 1 heterocycles. The molecule has 0 saturated carbocycles. The van der Waals surface area contributed by atoms with Crippen molar-refractivity contribution in [3.05, 3.63) is 47.0 Å². The number of nitrogens with zero attached hydrogens (tertiary/aromatic N) is 1. The number of benzene rings is 1. The zero-order valence-electron chi connectivity index (χ0n) is 9.72. The van der Waals surface area contributed by atoms with Crippen molar-refractivity contribution in [2.75, 3.05) is 24.2 Å². The lowest BCUT2D eigenvalue weighted by Gasteiger charge is -2.08. The minimum Gasteiger partial charge on any atom is -0.492 e. The normalized spacial score (nSPS) is 10.0. The summed E-state index contributed by atoms with van der Waals surface area (Å²) >= 11 is 0. The predicted octanol–water partition coefficient (Wildman–Crippen LogP) is 0.843. The lowest BCUT2D eigenvalue weighted by atomic mass is 10.3. The highest BCUT2D eigenvalue weighted by molar-refractivity contribution is 5.58. The Balaban J connectivity index is 1.82. The zero-order valence-corrected chi connectivity index (χ0v) is 9.72. The van der Waals surface area contributed by atoms with Gasteiger partial charge < -0.3 is 20.8 Å². The molecule has 94 valence electrons. The summed E-state index contributed by atoms with van der Waals surface area (Å²) < 4.78 is 5.48. The van der Waals surface area contributed by atoms with Crippen LogP contribution in [0.3, 0.4) is 0 Å². The Labute approximate surface area is 104 Å². The van der Waals surface area contributed by atoms with Gasteiger partial charge in [0.15, 0.2) is 5.82 Å². The molecular formula is C12H14N4O2. The molecule has 0 saturated heterocycles. The molecule has 0 fully saturated rings. The maximum atomic E-state index is 11.2. The van der Waals surface area contributed by atoms with Crippen molar-refractivity contribution in [2.24, 2.45) is 0 Å². The summed E-state index contributed by atoms with van der Waals surface area (Å²) in [6.07, 6.45) is 1.30. The molecule has 2 aromatic rings. The summed E-state index contributed by atoms with van der Waals surface area (Å²) in [5.41, 5.74) is 5.30. The van der Waals surface area contributed by atoms with Gasteiger partial charge in [0.1, 0.15) is 18.0 Å². The van der Waals surface area contributed by atoms with Crippen LogP contribution in [0.25, 0.3) is 0 Å². The van der Waals surface area contributed by atoms with Crippen molar-refractivity contribution < 1.29 is 4.74 Å².